The summed E-state index contributed by atoms with van der Waals surface area (Å²) >= 11 is 0. The number of piperazine rings is 1. The fraction of sp³-hybridized carbons (Fsp3) is 0.471. The maximum atomic E-state index is 13.7. The predicted molar refractivity (Wildman–Crippen MR) is 170 cm³/mol. The van der Waals surface area contributed by atoms with Crippen LogP contribution in [0, 0.1) is 0 Å². The minimum atomic E-state index is -4.65. The van der Waals surface area contributed by atoms with Crippen molar-refractivity contribution in [3.63, 3.8) is 0 Å². The van der Waals surface area contributed by atoms with Gasteiger partial charge in [-0.15, -0.1) is 0 Å². The Morgan fingerprint density at radius 3 is 2.22 bits per heavy atom. The van der Waals surface area contributed by atoms with Crippen molar-refractivity contribution in [3.05, 3.63) is 90.3 Å². The first-order chi connectivity index (χ1) is 22.1. The number of carbonyl (C=O) groups is 1. The number of nitrogens with zero attached hydrogens (tertiary/aromatic N) is 5. The van der Waals surface area contributed by atoms with Crippen LogP contribution in [0.2, 0.25) is 0 Å². The Kier molecular flexibility index (Phi) is 9.40. The number of anilines is 1. The Bertz CT molecular complexity index is 1590. The molecular weight excluding hydrogens is 615 g/mol. The standard InChI is InChI=1S/C34H40F3N5O3S/c35-34(36,37)28-9-6-11-31(25-28)46(44,45)42-18-5-4-10-30(42)26-32(43)40-19-14-33(15-20-40,27-7-2-1-3-8-27)41-23-21-39(22-24-41)29-12-16-38-17-13-29/h1-3,6-9,11-13,16-17,25,30H,4-5,10,14-15,18-24,26H2. The number of alkyl halides is 3. The van der Waals surface area contributed by atoms with Crippen LogP contribution >= 0.6 is 0 Å². The molecule has 0 saturated carbocycles. The molecule has 1 atom stereocenters. The number of likely N-dealkylation sites (tertiary alicyclic amines) is 1. The molecule has 12 heteroatoms. The van der Waals surface area contributed by atoms with E-state index in [9.17, 15) is 26.4 Å². The number of amides is 1. The van der Waals surface area contributed by atoms with Crippen molar-refractivity contribution in [1.82, 2.24) is 19.1 Å². The van der Waals surface area contributed by atoms with Crippen LogP contribution in [0.5, 0.6) is 0 Å². The summed E-state index contributed by atoms with van der Waals surface area (Å²) in [4.78, 5) is 24.2. The van der Waals surface area contributed by atoms with E-state index in [1.54, 1.807) is 0 Å². The van der Waals surface area contributed by atoms with E-state index in [2.05, 4.69) is 39.0 Å². The molecule has 2 aromatic carbocycles. The molecule has 4 heterocycles. The molecule has 8 nitrogen and oxygen atoms in total. The quantitative estimate of drug-likeness (QED) is 0.341. The highest BCUT2D eigenvalue weighted by atomic mass is 32.2. The average Bonchev–Trinajstić information content (AvgIpc) is 3.09. The fourth-order valence-electron chi connectivity index (χ4n) is 7.40. The zero-order valence-electron chi connectivity index (χ0n) is 25.8. The van der Waals surface area contributed by atoms with Gasteiger partial charge in [-0.25, -0.2) is 8.42 Å². The topological polar surface area (TPSA) is 77.1 Å². The van der Waals surface area contributed by atoms with Gasteiger partial charge < -0.3 is 9.80 Å². The number of carbonyl (C=O) groups excluding carboxylic acids is 1. The minimum Gasteiger partial charge on any atom is -0.369 e. The first-order valence-electron chi connectivity index (χ1n) is 16.0. The van der Waals surface area contributed by atoms with Crippen LogP contribution in [-0.4, -0.2) is 85.3 Å². The molecule has 46 heavy (non-hydrogen) atoms. The normalized spacial score (nSPS) is 21.7. The summed E-state index contributed by atoms with van der Waals surface area (Å²) < 4.78 is 68.5. The molecule has 3 aliphatic rings. The summed E-state index contributed by atoms with van der Waals surface area (Å²) in [6.07, 6.45) is 2.36. The number of piperidine rings is 2. The molecule has 3 saturated heterocycles. The summed E-state index contributed by atoms with van der Waals surface area (Å²) in [6, 6.07) is 17.8. The van der Waals surface area contributed by atoms with Crippen molar-refractivity contribution in [2.75, 3.05) is 50.7 Å². The third kappa shape index (κ3) is 6.65. The zero-order valence-corrected chi connectivity index (χ0v) is 26.6. The number of aromatic nitrogens is 1. The molecule has 1 unspecified atom stereocenters. The van der Waals surface area contributed by atoms with E-state index in [0.717, 1.165) is 63.3 Å². The second-order valence-corrected chi connectivity index (χ2v) is 14.3. The Morgan fingerprint density at radius 2 is 1.54 bits per heavy atom. The van der Waals surface area contributed by atoms with Crippen molar-refractivity contribution < 1.29 is 26.4 Å². The van der Waals surface area contributed by atoms with Crippen LogP contribution in [-0.2, 0) is 26.5 Å². The number of halogens is 3. The number of pyridine rings is 1. The highest BCUT2D eigenvalue weighted by Crippen LogP contribution is 2.40. The largest absolute Gasteiger partial charge is 0.416 e. The Labute approximate surface area is 268 Å². The molecule has 0 N–H and O–H groups in total. The van der Waals surface area contributed by atoms with Gasteiger partial charge in [-0.3, -0.25) is 14.7 Å². The maximum absolute atomic E-state index is 13.7. The molecule has 3 fully saturated rings. The molecule has 3 aliphatic heterocycles. The second kappa shape index (κ2) is 13.3. The van der Waals surface area contributed by atoms with E-state index in [-0.39, 0.29) is 24.4 Å². The summed E-state index contributed by atoms with van der Waals surface area (Å²) in [5.74, 6) is -0.111. The van der Waals surface area contributed by atoms with Crippen molar-refractivity contribution >= 4 is 21.6 Å². The van der Waals surface area contributed by atoms with E-state index in [1.807, 2.05) is 35.5 Å². The minimum absolute atomic E-state index is 0.0150. The van der Waals surface area contributed by atoms with Gasteiger partial charge in [-0.05, 0) is 61.6 Å². The lowest BCUT2D eigenvalue weighted by molar-refractivity contribution is -0.138. The number of benzene rings is 2. The van der Waals surface area contributed by atoms with Crippen molar-refractivity contribution in [2.24, 2.45) is 0 Å². The predicted octanol–water partition coefficient (Wildman–Crippen LogP) is 5.37. The van der Waals surface area contributed by atoms with Crippen LogP contribution in [0.25, 0.3) is 0 Å². The highest BCUT2D eigenvalue weighted by molar-refractivity contribution is 7.89. The third-order valence-electron chi connectivity index (χ3n) is 9.92. The summed E-state index contributed by atoms with van der Waals surface area (Å²) in [6.45, 7) is 4.82. The van der Waals surface area contributed by atoms with Crippen molar-refractivity contribution in [1.29, 1.82) is 0 Å². The van der Waals surface area contributed by atoms with E-state index in [1.165, 1.54) is 15.9 Å². The summed E-state index contributed by atoms with van der Waals surface area (Å²) in [5, 5.41) is 0. The van der Waals surface area contributed by atoms with Gasteiger partial charge in [0, 0.05) is 81.9 Å². The number of hydrogen-bond acceptors (Lipinski definition) is 6. The molecule has 0 aliphatic carbocycles. The Balaban J connectivity index is 1.14. The second-order valence-electron chi connectivity index (χ2n) is 12.5. The van der Waals surface area contributed by atoms with Gasteiger partial charge in [0.05, 0.1) is 10.5 Å². The van der Waals surface area contributed by atoms with Gasteiger partial charge in [-0.1, -0.05) is 42.8 Å². The lowest BCUT2D eigenvalue weighted by Crippen LogP contribution is -2.59. The molecule has 3 aromatic rings. The van der Waals surface area contributed by atoms with E-state index >= 15 is 0 Å². The number of hydrogen-bond donors (Lipinski definition) is 0. The average molecular weight is 656 g/mol. The SMILES string of the molecule is O=C(CC1CCCCN1S(=O)(=O)c1cccc(C(F)(F)F)c1)N1CCC(c2ccccc2)(N2CCN(c3ccncc3)CC2)CC1. The van der Waals surface area contributed by atoms with Gasteiger partial charge in [0.1, 0.15) is 0 Å². The van der Waals surface area contributed by atoms with E-state index < -0.39 is 32.7 Å². The molecule has 246 valence electrons. The lowest BCUT2D eigenvalue weighted by atomic mass is 9.78. The fourth-order valence-corrected chi connectivity index (χ4v) is 9.14. The molecule has 0 radical (unpaired) electrons. The zero-order chi connectivity index (χ0) is 32.4. The molecular formula is C34H40F3N5O3S. The summed E-state index contributed by atoms with van der Waals surface area (Å²) in [5.41, 5.74) is 1.18. The number of rotatable bonds is 7. The van der Waals surface area contributed by atoms with E-state index in [4.69, 9.17) is 0 Å². The van der Waals surface area contributed by atoms with Gasteiger partial charge >= 0.3 is 6.18 Å². The van der Waals surface area contributed by atoms with Gasteiger partial charge in [0.2, 0.25) is 15.9 Å². The summed E-state index contributed by atoms with van der Waals surface area (Å²) in [7, 11) is -4.22. The van der Waals surface area contributed by atoms with Crippen molar-refractivity contribution in [3.8, 4) is 0 Å². The molecule has 6 rings (SSSR count). The van der Waals surface area contributed by atoms with Crippen LogP contribution in [0.1, 0.15) is 49.7 Å². The van der Waals surface area contributed by atoms with Crippen LogP contribution in [0.3, 0.4) is 0 Å². The highest BCUT2D eigenvalue weighted by Gasteiger charge is 2.44. The van der Waals surface area contributed by atoms with Gasteiger partial charge in [0.25, 0.3) is 0 Å². The first-order valence-corrected chi connectivity index (χ1v) is 17.4. The maximum Gasteiger partial charge on any atom is 0.416 e. The van der Waals surface area contributed by atoms with E-state index in [0.29, 0.717) is 32.0 Å². The van der Waals surface area contributed by atoms with Gasteiger partial charge in [-0.2, -0.15) is 17.5 Å². The van der Waals surface area contributed by atoms with Crippen LogP contribution < -0.4 is 4.90 Å². The number of sulfonamides is 1. The Morgan fingerprint density at radius 1 is 0.848 bits per heavy atom. The molecule has 0 bridgehead atoms. The van der Waals surface area contributed by atoms with Gasteiger partial charge in [0.15, 0.2) is 0 Å². The molecule has 0 spiro atoms. The smallest absolute Gasteiger partial charge is 0.369 e. The van der Waals surface area contributed by atoms with Crippen LogP contribution in [0.4, 0.5) is 18.9 Å². The molecule has 1 aromatic heterocycles. The van der Waals surface area contributed by atoms with Crippen molar-refractivity contribution in [2.45, 2.75) is 61.2 Å². The monoisotopic (exact) mass is 655 g/mol. The lowest BCUT2D eigenvalue weighted by Gasteiger charge is -2.52. The third-order valence-corrected chi connectivity index (χ3v) is 11.9. The Hall–Kier alpha value is -3.48. The first kappa shape index (κ1) is 32.5. The van der Waals surface area contributed by atoms with Crippen LogP contribution in [0.15, 0.2) is 84.0 Å². The molecule has 1 amide bonds.